The summed E-state index contributed by atoms with van der Waals surface area (Å²) in [6.45, 7) is 0. The molecule has 0 aliphatic heterocycles. The first-order chi connectivity index (χ1) is 10.5. The standard InChI is InChI=1S/C13H12N2O.2ClH.4O.2Sn/c14-11-5-1-3-9(7-11)13(16)10-4-2-6-12(15)8-10;;;;;;;;/h1-8H,14-15H2;2*1H;;;;;;/q;;;;;2*-1;;/p+2. The Morgan fingerprint density at radius 3 is 1.33 bits per heavy atom. The predicted octanol–water partition coefficient (Wildman–Crippen LogP) is -1.87. The van der Waals surface area contributed by atoms with Crippen LogP contribution in [-0.4, -0.2) is 48.9 Å². The summed E-state index contributed by atoms with van der Waals surface area (Å²) in [5.41, 5.74) is 10.6. The zero-order chi connectivity index (χ0) is 17.0. The van der Waals surface area contributed by atoms with E-state index in [2.05, 4.69) is 11.5 Å². The number of benzene rings is 2. The molecule has 6 N–H and O–H groups in total. The summed E-state index contributed by atoms with van der Waals surface area (Å²) in [6, 6.07) is 14.6. The second-order valence-electron chi connectivity index (χ2n) is 3.90. The molecule has 2 rings (SSSR count). The predicted molar refractivity (Wildman–Crippen MR) is 88.8 cm³/mol. The van der Waals surface area contributed by atoms with Gasteiger partial charge < -0.3 is 11.5 Å². The fraction of sp³-hybridized carbons (Fsp3) is 0. The molecule has 0 unspecified atom stereocenters. The number of halogens is 2. The molecule has 11 heteroatoms. The normalized spacial score (nSPS) is 7.83. The van der Waals surface area contributed by atoms with E-state index >= 15 is 0 Å². The number of quaternary nitrogens is 2. The van der Waals surface area contributed by atoms with Crippen LogP contribution in [0.4, 0.5) is 11.4 Å². The van der Waals surface area contributed by atoms with Crippen molar-refractivity contribution < 1.29 is 29.3 Å². The number of hydrogen-bond acceptors (Lipinski definition) is 5. The van der Waals surface area contributed by atoms with Gasteiger partial charge in [0.2, 0.25) is 0 Å². The summed E-state index contributed by atoms with van der Waals surface area (Å²) < 4.78 is 34.2. The minimum atomic E-state index is -2.27. The zero-order valence-corrected chi connectivity index (χ0v) is 19.7. The molecule has 2 aromatic carbocycles. The van der Waals surface area contributed by atoms with E-state index in [1.165, 1.54) is 0 Å². The van der Waals surface area contributed by atoms with Crippen molar-refractivity contribution in [2.24, 2.45) is 0 Å². The van der Waals surface area contributed by atoms with Crippen molar-refractivity contribution in [3.63, 3.8) is 0 Å². The van der Waals surface area contributed by atoms with Gasteiger partial charge in [-0.15, -0.1) is 24.8 Å². The summed E-state index contributed by atoms with van der Waals surface area (Å²) in [5.74, 6) is 0.0102. The monoisotopic (exact) mass is 590 g/mol. The molecular formula is C13H16Cl2N2O5Sn2. The van der Waals surface area contributed by atoms with E-state index in [0.717, 1.165) is 11.4 Å². The van der Waals surface area contributed by atoms with Gasteiger partial charge in [-0.25, -0.2) is 0 Å². The molecule has 0 saturated heterocycles. The first kappa shape index (κ1) is 28.5. The van der Waals surface area contributed by atoms with Gasteiger partial charge in [0, 0.05) is 23.3 Å². The Morgan fingerprint density at radius 1 is 0.792 bits per heavy atom. The van der Waals surface area contributed by atoms with Gasteiger partial charge in [0.15, 0.2) is 5.78 Å². The SMILES string of the molecule is Cl.Cl.[NH3+]c1cccc(C(=O)c2cccc([NH3+])c2)c1.[O]=[Sn][O-].[O]=[Sn][O-]. The number of hydrogen-bond donors (Lipinski definition) is 2. The van der Waals surface area contributed by atoms with Gasteiger partial charge >= 0.3 is 56.1 Å². The molecule has 7 nitrogen and oxygen atoms in total. The summed E-state index contributed by atoms with van der Waals surface area (Å²) >= 11 is -4.54. The van der Waals surface area contributed by atoms with Crippen molar-refractivity contribution in [3.8, 4) is 0 Å². The average molecular weight is 589 g/mol. The molecular weight excluding hydrogens is 572 g/mol. The van der Waals surface area contributed by atoms with Crippen molar-refractivity contribution >= 4 is 85.1 Å². The van der Waals surface area contributed by atoms with Gasteiger partial charge in [0.05, 0.1) is 0 Å². The summed E-state index contributed by atoms with van der Waals surface area (Å²) in [4.78, 5) is 12.1. The Hall–Kier alpha value is -0.273. The van der Waals surface area contributed by atoms with Crippen LogP contribution in [0.1, 0.15) is 15.9 Å². The van der Waals surface area contributed by atoms with Crippen LogP contribution < -0.4 is 18.4 Å². The van der Waals surface area contributed by atoms with Gasteiger partial charge in [0.25, 0.3) is 0 Å². The quantitative estimate of drug-likeness (QED) is 0.311. The molecule has 0 fully saturated rings. The van der Waals surface area contributed by atoms with Crippen LogP contribution in [0.25, 0.3) is 0 Å². The van der Waals surface area contributed by atoms with E-state index in [1.807, 2.05) is 24.3 Å². The molecule has 24 heavy (non-hydrogen) atoms. The van der Waals surface area contributed by atoms with Crippen molar-refractivity contribution in [1.29, 1.82) is 0 Å². The molecule has 0 atom stereocenters. The molecule has 0 aromatic heterocycles. The number of rotatable bonds is 2. The van der Waals surface area contributed by atoms with E-state index < -0.39 is 43.1 Å². The van der Waals surface area contributed by atoms with Crippen LogP contribution >= 0.6 is 24.8 Å². The van der Waals surface area contributed by atoms with Crippen molar-refractivity contribution in [2.75, 3.05) is 0 Å². The number of ketones is 1. The first-order valence-electron chi connectivity index (χ1n) is 5.87. The van der Waals surface area contributed by atoms with Crippen molar-refractivity contribution in [2.45, 2.75) is 0 Å². The Kier molecular flexibility index (Phi) is 20.9. The van der Waals surface area contributed by atoms with Crippen molar-refractivity contribution in [1.82, 2.24) is 0 Å². The van der Waals surface area contributed by atoms with E-state index in [4.69, 9.17) is 13.0 Å². The van der Waals surface area contributed by atoms with E-state index in [-0.39, 0.29) is 30.6 Å². The molecule has 0 amide bonds. The Bertz CT molecular complexity index is 594. The van der Waals surface area contributed by atoms with Crippen LogP contribution in [0.3, 0.4) is 0 Å². The second-order valence-corrected chi connectivity index (χ2v) is 4.85. The van der Waals surface area contributed by atoms with Gasteiger partial charge in [0.1, 0.15) is 11.4 Å². The van der Waals surface area contributed by atoms with E-state index in [9.17, 15) is 4.79 Å². The maximum absolute atomic E-state index is 12.1. The summed E-state index contributed by atoms with van der Waals surface area (Å²) in [6.07, 6.45) is 0. The fourth-order valence-electron chi connectivity index (χ4n) is 1.59. The molecule has 0 bridgehead atoms. The third kappa shape index (κ3) is 12.1. The zero-order valence-electron chi connectivity index (χ0n) is 12.4. The summed E-state index contributed by atoms with van der Waals surface area (Å²) in [7, 11) is 0. The Morgan fingerprint density at radius 2 is 1.08 bits per heavy atom. The fourth-order valence-corrected chi connectivity index (χ4v) is 1.59. The van der Waals surface area contributed by atoms with Crippen LogP contribution in [0.15, 0.2) is 48.5 Å². The minimum absolute atomic E-state index is 0. The molecule has 2 radical (unpaired) electrons. The van der Waals surface area contributed by atoms with E-state index in [0.29, 0.717) is 11.1 Å². The molecule has 0 spiro atoms. The second kappa shape index (κ2) is 17.5. The van der Waals surface area contributed by atoms with Crippen molar-refractivity contribution in [3.05, 3.63) is 59.7 Å². The third-order valence-electron chi connectivity index (χ3n) is 2.38. The van der Waals surface area contributed by atoms with Gasteiger partial charge in [-0.1, -0.05) is 24.3 Å². The molecule has 0 aliphatic carbocycles. The van der Waals surface area contributed by atoms with Crippen LogP contribution in [0.2, 0.25) is 0 Å². The summed E-state index contributed by atoms with van der Waals surface area (Å²) in [5, 5.41) is 0. The maximum atomic E-state index is 12.1. The Balaban J connectivity index is -0.000000486. The van der Waals surface area contributed by atoms with Gasteiger partial charge in [-0.3, -0.25) is 4.79 Å². The number of carbonyl (C=O) groups excluding carboxylic acids is 1. The van der Waals surface area contributed by atoms with Gasteiger partial charge in [-0.2, -0.15) is 0 Å². The first-order valence-corrected chi connectivity index (χ1v) is 10.5. The molecule has 2 aromatic rings. The molecule has 0 aliphatic rings. The third-order valence-corrected chi connectivity index (χ3v) is 2.38. The van der Waals surface area contributed by atoms with Crippen LogP contribution in [0, 0.1) is 0 Å². The van der Waals surface area contributed by atoms with Crippen LogP contribution in [-0.2, 0) is 6.15 Å². The number of carbonyl (C=O) groups is 1. The molecule has 0 heterocycles. The van der Waals surface area contributed by atoms with Gasteiger partial charge in [-0.05, 0) is 12.1 Å². The van der Waals surface area contributed by atoms with Crippen LogP contribution in [0.5, 0.6) is 0 Å². The van der Waals surface area contributed by atoms with E-state index in [1.54, 1.807) is 24.3 Å². The molecule has 130 valence electrons. The molecule has 0 saturated carbocycles. The Labute approximate surface area is 172 Å². The topological polar surface area (TPSA) is 153 Å². The average Bonchev–Trinajstić information content (AvgIpc) is 2.48.